The molecule has 0 saturated carbocycles. The van der Waals surface area contributed by atoms with E-state index in [1.807, 2.05) is 41.0 Å². The Labute approximate surface area is 178 Å². The predicted molar refractivity (Wildman–Crippen MR) is 117 cm³/mol. The fourth-order valence-corrected chi connectivity index (χ4v) is 4.48. The highest BCUT2D eigenvalue weighted by molar-refractivity contribution is 5.84. The lowest BCUT2D eigenvalue weighted by Gasteiger charge is -2.25. The largest absolute Gasteiger partial charge is 0.368 e. The van der Waals surface area contributed by atoms with E-state index in [0.29, 0.717) is 39.2 Å². The molecule has 0 aliphatic carbocycles. The summed E-state index contributed by atoms with van der Waals surface area (Å²) in [4.78, 5) is 29.9. The van der Waals surface area contributed by atoms with E-state index < -0.39 is 0 Å². The molecule has 30 heavy (non-hydrogen) atoms. The third kappa shape index (κ3) is 4.57. The lowest BCUT2D eigenvalue weighted by atomic mass is 9.94. The summed E-state index contributed by atoms with van der Waals surface area (Å²) in [5.41, 5.74) is 3.43. The van der Waals surface area contributed by atoms with Gasteiger partial charge in [-0.3, -0.25) is 9.59 Å². The van der Waals surface area contributed by atoms with Gasteiger partial charge >= 0.3 is 0 Å². The number of nitrogens with zero attached hydrogens (tertiary/aromatic N) is 2. The highest BCUT2D eigenvalue weighted by Gasteiger charge is 2.35. The minimum Gasteiger partial charge on any atom is -0.368 e. The zero-order valence-electron chi connectivity index (χ0n) is 17.6. The Hall–Kier alpha value is -2.66. The summed E-state index contributed by atoms with van der Waals surface area (Å²) in [7, 11) is 0. The van der Waals surface area contributed by atoms with E-state index in [2.05, 4.69) is 30.3 Å². The molecular weight excluding hydrogens is 376 g/mol. The van der Waals surface area contributed by atoms with Crippen molar-refractivity contribution in [3.05, 3.63) is 60.2 Å². The molecule has 0 spiro atoms. The Balaban J connectivity index is 1.54. The number of carbonyl (C=O) groups excluding carboxylic acids is 2. The lowest BCUT2D eigenvalue weighted by Crippen LogP contribution is -2.42. The number of rotatable bonds is 5. The normalized spacial score (nSPS) is 22.2. The topological polar surface area (TPSA) is 49.9 Å². The molecule has 0 N–H and O–H groups in total. The maximum atomic E-state index is 13.2. The van der Waals surface area contributed by atoms with Gasteiger partial charge < -0.3 is 14.5 Å². The lowest BCUT2D eigenvalue weighted by molar-refractivity contribution is -0.141. The minimum atomic E-state index is -0.338. The van der Waals surface area contributed by atoms with Crippen LogP contribution in [0.25, 0.3) is 11.1 Å². The van der Waals surface area contributed by atoms with Gasteiger partial charge in [0.25, 0.3) is 5.91 Å². The van der Waals surface area contributed by atoms with Crippen molar-refractivity contribution in [2.75, 3.05) is 32.8 Å². The average molecular weight is 407 g/mol. The van der Waals surface area contributed by atoms with Crippen molar-refractivity contribution in [3.8, 4) is 11.1 Å². The maximum absolute atomic E-state index is 13.2. The van der Waals surface area contributed by atoms with Gasteiger partial charge in [0.15, 0.2) is 0 Å². The molecule has 0 bridgehead atoms. The third-order valence-electron chi connectivity index (χ3n) is 6.16. The fraction of sp³-hybridized carbons (Fsp3) is 0.440. The van der Waals surface area contributed by atoms with Crippen LogP contribution in [-0.2, 0) is 20.7 Å². The SMILES string of the molecule is CCN1CCN(C(=O)[C@@H]2CCCO2)C[C@H](Cc2cccc(-c3ccccc3)c2)C1=O. The quantitative estimate of drug-likeness (QED) is 0.765. The first-order chi connectivity index (χ1) is 14.7. The van der Waals surface area contributed by atoms with E-state index in [-0.39, 0.29) is 23.8 Å². The summed E-state index contributed by atoms with van der Waals surface area (Å²) in [5.74, 6) is -0.0460. The number of hydrogen-bond donors (Lipinski definition) is 0. The summed E-state index contributed by atoms with van der Waals surface area (Å²) in [5, 5.41) is 0. The van der Waals surface area contributed by atoms with Crippen molar-refractivity contribution in [1.29, 1.82) is 0 Å². The Morgan fingerprint density at radius 2 is 1.87 bits per heavy atom. The van der Waals surface area contributed by atoms with E-state index in [4.69, 9.17) is 4.74 Å². The molecule has 0 aromatic heterocycles. The zero-order chi connectivity index (χ0) is 20.9. The first kappa shape index (κ1) is 20.6. The smallest absolute Gasteiger partial charge is 0.251 e. The molecule has 158 valence electrons. The third-order valence-corrected chi connectivity index (χ3v) is 6.16. The average Bonchev–Trinajstić information content (AvgIpc) is 3.28. The molecule has 2 aliphatic rings. The molecule has 2 heterocycles. The van der Waals surface area contributed by atoms with Crippen LogP contribution in [0, 0.1) is 5.92 Å². The second-order valence-electron chi connectivity index (χ2n) is 8.17. The van der Waals surface area contributed by atoms with Crippen LogP contribution in [-0.4, -0.2) is 60.5 Å². The minimum absolute atomic E-state index is 0.0429. The van der Waals surface area contributed by atoms with Gasteiger partial charge in [-0.1, -0.05) is 54.6 Å². The first-order valence-corrected chi connectivity index (χ1v) is 11.0. The summed E-state index contributed by atoms with van der Waals surface area (Å²) in [6, 6.07) is 18.6. The predicted octanol–water partition coefficient (Wildman–Crippen LogP) is 3.38. The van der Waals surface area contributed by atoms with Crippen LogP contribution in [0.4, 0.5) is 0 Å². The molecule has 0 radical (unpaired) electrons. The van der Waals surface area contributed by atoms with Crippen LogP contribution >= 0.6 is 0 Å². The summed E-state index contributed by atoms with van der Waals surface area (Å²) >= 11 is 0. The number of carbonyl (C=O) groups is 2. The highest BCUT2D eigenvalue weighted by atomic mass is 16.5. The molecule has 5 heteroatoms. The summed E-state index contributed by atoms with van der Waals surface area (Å²) in [6.45, 7) is 4.96. The zero-order valence-corrected chi connectivity index (χ0v) is 17.6. The molecule has 2 saturated heterocycles. The Morgan fingerprint density at radius 1 is 1.07 bits per heavy atom. The molecule has 2 amide bonds. The van der Waals surface area contributed by atoms with Crippen LogP contribution in [0.5, 0.6) is 0 Å². The van der Waals surface area contributed by atoms with Crippen molar-refractivity contribution in [2.24, 2.45) is 5.92 Å². The van der Waals surface area contributed by atoms with Crippen LogP contribution in [0.3, 0.4) is 0 Å². The fourth-order valence-electron chi connectivity index (χ4n) is 4.48. The van der Waals surface area contributed by atoms with Crippen molar-refractivity contribution in [1.82, 2.24) is 9.80 Å². The van der Waals surface area contributed by atoms with Crippen LogP contribution in [0.1, 0.15) is 25.3 Å². The van der Waals surface area contributed by atoms with E-state index >= 15 is 0 Å². The van der Waals surface area contributed by atoms with Gasteiger partial charge in [-0.25, -0.2) is 0 Å². The van der Waals surface area contributed by atoms with Crippen LogP contribution in [0.2, 0.25) is 0 Å². The summed E-state index contributed by atoms with van der Waals surface area (Å²) in [6.07, 6.45) is 2.01. The number of likely N-dealkylation sites (N-methyl/N-ethyl adjacent to an activating group) is 1. The van der Waals surface area contributed by atoms with E-state index in [1.165, 1.54) is 0 Å². The molecule has 0 unspecified atom stereocenters. The number of benzene rings is 2. The van der Waals surface area contributed by atoms with E-state index in [1.54, 1.807) is 0 Å². The molecule has 5 nitrogen and oxygen atoms in total. The molecule has 2 fully saturated rings. The molecule has 2 atom stereocenters. The molecule has 4 rings (SSSR count). The molecule has 2 aliphatic heterocycles. The van der Waals surface area contributed by atoms with Crippen molar-refractivity contribution >= 4 is 11.8 Å². The van der Waals surface area contributed by atoms with Crippen LogP contribution < -0.4 is 0 Å². The van der Waals surface area contributed by atoms with Gasteiger partial charge in [-0.15, -0.1) is 0 Å². The first-order valence-electron chi connectivity index (χ1n) is 11.0. The van der Waals surface area contributed by atoms with Gasteiger partial charge in [-0.2, -0.15) is 0 Å². The number of ether oxygens (including phenoxy) is 1. The highest BCUT2D eigenvalue weighted by Crippen LogP contribution is 2.24. The van der Waals surface area contributed by atoms with Crippen molar-refractivity contribution in [3.63, 3.8) is 0 Å². The van der Waals surface area contributed by atoms with E-state index in [0.717, 1.165) is 29.5 Å². The van der Waals surface area contributed by atoms with Gasteiger partial charge in [0.1, 0.15) is 6.10 Å². The standard InChI is InChI=1S/C25H30N2O3/c1-2-26-13-14-27(25(29)23-12-7-15-30-23)18-22(24(26)28)17-19-8-6-11-21(16-19)20-9-4-3-5-10-20/h3-6,8-11,16,22-23H,2,7,12-15,17-18H2,1H3/t22-,23-/m0/s1. The summed E-state index contributed by atoms with van der Waals surface area (Å²) < 4.78 is 5.62. The Morgan fingerprint density at radius 3 is 2.60 bits per heavy atom. The molecule has 2 aromatic rings. The Bertz CT molecular complexity index is 877. The second kappa shape index (κ2) is 9.43. The van der Waals surface area contributed by atoms with E-state index in [9.17, 15) is 9.59 Å². The number of hydrogen-bond acceptors (Lipinski definition) is 3. The second-order valence-corrected chi connectivity index (χ2v) is 8.17. The van der Waals surface area contributed by atoms with Gasteiger partial charge in [0.05, 0.1) is 5.92 Å². The van der Waals surface area contributed by atoms with Gasteiger partial charge in [0.2, 0.25) is 5.91 Å². The van der Waals surface area contributed by atoms with Crippen LogP contribution in [0.15, 0.2) is 54.6 Å². The van der Waals surface area contributed by atoms with Crippen molar-refractivity contribution in [2.45, 2.75) is 32.3 Å². The van der Waals surface area contributed by atoms with Crippen molar-refractivity contribution < 1.29 is 14.3 Å². The monoisotopic (exact) mass is 406 g/mol. The molecule has 2 aromatic carbocycles. The molecular formula is C25H30N2O3. The van der Waals surface area contributed by atoms with Gasteiger partial charge in [0, 0.05) is 32.8 Å². The van der Waals surface area contributed by atoms with Gasteiger partial charge in [-0.05, 0) is 42.9 Å². The Kier molecular flexibility index (Phi) is 6.48. The number of amides is 2. The maximum Gasteiger partial charge on any atom is 0.251 e.